The van der Waals surface area contributed by atoms with Crippen LogP contribution in [0.2, 0.25) is 0 Å². The summed E-state index contributed by atoms with van der Waals surface area (Å²) in [7, 11) is -4.19. The van der Waals surface area contributed by atoms with Crippen LogP contribution in [0.15, 0.2) is 0 Å². The zero-order valence-electron chi connectivity index (χ0n) is 8.02. The fourth-order valence-electron chi connectivity index (χ4n) is 0. The molecule has 0 atom stereocenters. The molecule has 0 spiro atoms. The van der Waals surface area contributed by atoms with Gasteiger partial charge in [-0.05, 0) is 0 Å². The fraction of sp³-hybridized carbons (Fsp3) is 0. The Morgan fingerprint density at radius 3 is 0.941 bits per heavy atom. The van der Waals surface area contributed by atoms with Crippen LogP contribution in [-0.4, -0.2) is 31.0 Å². The molecule has 0 aliphatic carbocycles. The summed E-state index contributed by atoms with van der Waals surface area (Å²) in [5, 5.41) is 16.3. The van der Waals surface area contributed by atoms with Gasteiger partial charge in [-0.3, -0.25) is 0 Å². The minimum atomic E-state index is -4.19. The van der Waals surface area contributed by atoms with Crippen LogP contribution < -0.4 is 9.77 Å². The Balaban J connectivity index is -0.0000000118. The number of carboxylic acids is 2. The fourth-order valence-corrected chi connectivity index (χ4v) is 0. The Bertz CT molecular complexity index is 146. The molecule has 0 aliphatic rings. The summed E-state index contributed by atoms with van der Waals surface area (Å²) < 4.78 is 30.2. The molecule has 0 bridgehead atoms. The third-order valence-electron chi connectivity index (χ3n) is 0.175. The topological polar surface area (TPSA) is 329 Å². The van der Waals surface area contributed by atoms with Gasteiger partial charge in [0.15, 0.2) is 5.97 Å². The number of carbonyl (C=O) groups excluding carboxylic acids is 1. The number of nitrogens with two attached hydrogens (primary N) is 5. The van der Waals surface area contributed by atoms with Crippen molar-refractivity contribution in [1.82, 2.24) is 0 Å². The summed E-state index contributed by atoms with van der Waals surface area (Å²) in [5.74, 6) is -4.01. The third kappa shape index (κ3) is 241. The number of carbonyl (C=O) groups is 2. The van der Waals surface area contributed by atoms with E-state index in [1.165, 1.54) is 0 Å². The van der Waals surface area contributed by atoms with Crippen LogP contribution in [0, 0.1) is 10.2 Å². The molecular weight excluding hydrogens is 316 g/mol. The van der Waals surface area contributed by atoms with E-state index in [2.05, 4.69) is 0 Å². The Labute approximate surface area is 109 Å². The average Bonchev–Trinajstić information content (AvgIpc) is 1.59. The maximum absolute atomic E-state index is 9.04. The molecule has 0 rings (SSSR count). The molecule has 0 saturated carbocycles. The second-order valence-corrected chi connectivity index (χ2v) is 1.89. The van der Waals surface area contributed by atoms with Gasteiger partial charge in [0.1, 0.15) is 0 Å². The number of carboxylic acid groups (broad SMARTS) is 2. The molecule has 0 radical (unpaired) electrons. The molecule has 15 heteroatoms. The average molecular weight is 331 g/mol. The van der Waals surface area contributed by atoms with Gasteiger partial charge in [-0.1, -0.05) is 0 Å². The van der Waals surface area contributed by atoms with Crippen LogP contribution in [0.5, 0.6) is 0 Å². The number of rotatable bonds is 0. The van der Waals surface area contributed by atoms with E-state index in [-0.39, 0.29) is 47.5 Å². The van der Waals surface area contributed by atoms with Crippen molar-refractivity contribution in [2.75, 3.05) is 0 Å². The molecular formula is C2H14ClCoN5O8-3. The first-order chi connectivity index (χ1) is 4.64. The van der Waals surface area contributed by atoms with Gasteiger partial charge in [-0.2, -0.15) is 0 Å². The van der Waals surface area contributed by atoms with Crippen LogP contribution in [0.3, 0.4) is 0 Å². The van der Waals surface area contributed by atoms with Crippen LogP contribution >= 0.6 is 0 Å². The molecule has 0 heterocycles. The van der Waals surface area contributed by atoms with Crippen LogP contribution in [0.1, 0.15) is 0 Å². The molecule has 0 aromatic carbocycles. The van der Waals surface area contributed by atoms with Gasteiger partial charge in [0.05, 0.1) is 0 Å². The summed E-state index contributed by atoms with van der Waals surface area (Å²) in [6, 6.07) is 0. The van der Waals surface area contributed by atoms with Crippen LogP contribution in [0.4, 0.5) is 0 Å². The first-order valence-electron chi connectivity index (χ1n) is 1.75. The monoisotopic (exact) mass is 330 g/mol. The Hall–Kier alpha value is -0.624. The summed E-state index contributed by atoms with van der Waals surface area (Å²) in [4.78, 5) is 18.0. The summed E-state index contributed by atoms with van der Waals surface area (Å²) >= 11 is 0. The second kappa shape index (κ2) is 24.6. The van der Waals surface area contributed by atoms with Crippen molar-refractivity contribution in [3.05, 3.63) is 30.8 Å². The molecule has 114 valence electrons. The minimum absolute atomic E-state index is 0. The van der Waals surface area contributed by atoms with E-state index in [4.69, 9.17) is 38.4 Å². The molecule has 0 saturated heterocycles. The normalized spacial score (nSPS) is 7.06. The van der Waals surface area contributed by atoms with Crippen LogP contribution in [0.25, 0.3) is 30.8 Å². The predicted octanol–water partition coefficient (Wildman–Crippen LogP) is -1.46. The van der Waals surface area contributed by atoms with E-state index in [0.29, 0.717) is 0 Å². The van der Waals surface area contributed by atoms with Gasteiger partial charge in [0, 0.05) is 0 Å². The maximum atomic E-state index is 9.04. The van der Waals surface area contributed by atoms with Gasteiger partial charge in [0.25, 0.3) is 0 Å². The van der Waals surface area contributed by atoms with E-state index < -0.39 is 22.2 Å². The second-order valence-electron chi connectivity index (χ2n) is 1.03. The van der Waals surface area contributed by atoms with E-state index in [1.54, 1.807) is 0 Å². The van der Waals surface area contributed by atoms with Crippen molar-refractivity contribution in [2.45, 2.75) is 0 Å². The first kappa shape index (κ1) is 55.2. The quantitative estimate of drug-likeness (QED) is 0.379. The van der Waals surface area contributed by atoms with Crippen molar-refractivity contribution in [3.63, 3.8) is 0 Å². The zero-order valence-corrected chi connectivity index (χ0v) is 9.82. The van der Waals surface area contributed by atoms with E-state index in [1.807, 2.05) is 0 Å². The molecule has 0 fully saturated rings. The molecule has 17 heavy (non-hydrogen) atoms. The Morgan fingerprint density at radius 1 is 0.882 bits per heavy atom. The zero-order chi connectivity index (χ0) is 9.65. The number of hydrogen-bond donors (Lipinski definition) is 4. The molecule has 0 aromatic heterocycles. The standard InChI is InChI=1S/C2H2O4.ClH3O4.Co.5H2N/c3-1(4)2(5)6;2-1(3,4)5;;;;;;/h(H,3,4)(H,5,6);2-4H;;5*1H2/q;;+3;5*-1/p-1. The van der Waals surface area contributed by atoms with E-state index in [0.717, 1.165) is 0 Å². The number of aliphatic carboxylic acids is 2. The van der Waals surface area contributed by atoms with Crippen molar-refractivity contribution < 1.29 is 65.5 Å². The summed E-state index contributed by atoms with van der Waals surface area (Å²) in [5.41, 5.74) is 0. The van der Waals surface area contributed by atoms with Gasteiger partial charge >= 0.3 is 51.6 Å². The molecule has 0 unspecified atom stereocenters. The Morgan fingerprint density at radius 2 is 0.941 bits per heavy atom. The van der Waals surface area contributed by atoms with Crippen molar-refractivity contribution in [3.8, 4) is 0 Å². The number of hydrogen-bond acceptors (Lipinski definition) is 7. The third-order valence-corrected chi connectivity index (χ3v) is 0.175. The molecule has 0 amide bonds. The molecule has 13 nitrogen and oxygen atoms in total. The molecule has 0 aliphatic heterocycles. The van der Waals surface area contributed by atoms with Crippen LogP contribution in [-0.2, 0) is 26.4 Å². The SMILES string of the molecule is O=C([O-])C(=O)O.[Co+3].[NH2-].[NH2-].[NH2-].[NH2-].[NH2-].[O-][Cl+](O)(O)O. The number of halogens is 1. The predicted molar refractivity (Wildman–Crippen MR) is 45.7 cm³/mol. The van der Waals surface area contributed by atoms with Crippen molar-refractivity contribution in [1.29, 1.82) is 0 Å². The van der Waals surface area contributed by atoms with Crippen molar-refractivity contribution >= 4 is 11.9 Å². The van der Waals surface area contributed by atoms with Gasteiger partial charge in [0.2, 0.25) is 0 Å². The molecule has 14 N–H and O–H groups in total. The van der Waals surface area contributed by atoms with E-state index in [9.17, 15) is 0 Å². The first-order valence-corrected chi connectivity index (χ1v) is 3.07. The summed E-state index contributed by atoms with van der Waals surface area (Å²) in [6.45, 7) is 0. The summed E-state index contributed by atoms with van der Waals surface area (Å²) in [6.07, 6.45) is 0. The molecule has 0 aromatic rings. The Kier molecular flexibility index (Phi) is 79.7. The van der Waals surface area contributed by atoms with Crippen molar-refractivity contribution in [2.24, 2.45) is 0 Å². The van der Waals surface area contributed by atoms with Gasteiger partial charge < -0.3 is 45.8 Å². The van der Waals surface area contributed by atoms with Gasteiger partial charge in [-0.15, -0.1) is 0 Å². The van der Waals surface area contributed by atoms with E-state index >= 15 is 0 Å². The van der Waals surface area contributed by atoms with Gasteiger partial charge in [-0.25, -0.2) is 4.79 Å².